The number of ether oxygens (including phenoxy) is 1. The van der Waals surface area contributed by atoms with E-state index in [2.05, 4.69) is 29.7 Å². The quantitative estimate of drug-likeness (QED) is 0.499. The molecule has 2 heterocycles. The van der Waals surface area contributed by atoms with Gasteiger partial charge in [-0.05, 0) is 37.6 Å². The summed E-state index contributed by atoms with van der Waals surface area (Å²) in [5, 5.41) is 0. The molecule has 0 radical (unpaired) electrons. The van der Waals surface area contributed by atoms with Gasteiger partial charge in [-0.15, -0.1) is 0 Å². The van der Waals surface area contributed by atoms with E-state index in [-0.39, 0.29) is 11.8 Å². The third-order valence-electron chi connectivity index (χ3n) is 5.62. The van der Waals surface area contributed by atoms with Crippen molar-refractivity contribution >= 4 is 22.6 Å². The molecule has 2 aromatic carbocycles. The summed E-state index contributed by atoms with van der Waals surface area (Å²) in [5.74, 6) is 2.02. The van der Waals surface area contributed by atoms with Gasteiger partial charge in [0.2, 0.25) is 5.91 Å². The predicted molar refractivity (Wildman–Crippen MR) is 117 cm³/mol. The summed E-state index contributed by atoms with van der Waals surface area (Å²) in [7, 11) is 0. The number of nitrogens with zero attached hydrogens (tertiary/aromatic N) is 3. The minimum Gasteiger partial charge on any atom is -0.492 e. The van der Waals surface area contributed by atoms with Crippen LogP contribution >= 0.6 is 0 Å². The number of carbonyl (C=O) groups excluding carboxylic acids is 1. The molecule has 0 saturated carbocycles. The summed E-state index contributed by atoms with van der Waals surface area (Å²) in [4.78, 5) is 19.7. The van der Waals surface area contributed by atoms with Crippen LogP contribution in [0, 0.1) is 0 Å². The summed E-state index contributed by atoms with van der Waals surface area (Å²) in [6.07, 6.45) is 3.99. The fourth-order valence-corrected chi connectivity index (χ4v) is 4.23. The molecule has 0 aliphatic carbocycles. The zero-order chi connectivity index (χ0) is 20.2. The van der Waals surface area contributed by atoms with Crippen LogP contribution in [-0.4, -0.2) is 28.6 Å². The van der Waals surface area contributed by atoms with Crippen LogP contribution in [0.1, 0.15) is 51.3 Å². The van der Waals surface area contributed by atoms with Crippen molar-refractivity contribution in [3.8, 4) is 5.75 Å². The summed E-state index contributed by atoms with van der Waals surface area (Å²) in [6, 6.07) is 16.1. The Bertz CT molecular complexity index is 995. The SMILES string of the molecule is CCCCCn1c([C@@H]2CC(=O)N(c3ccccc3OCC)C2)nc2ccccc21. The zero-order valence-electron chi connectivity index (χ0n) is 17.3. The third-order valence-corrected chi connectivity index (χ3v) is 5.62. The van der Waals surface area contributed by atoms with Crippen molar-refractivity contribution in [2.45, 2.75) is 52.0 Å². The number of aryl methyl sites for hydroxylation is 1. The molecular weight excluding hydrogens is 362 g/mol. The fraction of sp³-hybridized carbons (Fsp3) is 0.417. The Morgan fingerprint density at radius 2 is 1.86 bits per heavy atom. The number of rotatable bonds is 8. The molecule has 5 heteroatoms. The monoisotopic (exact) mass is 391 g/mol. The smallest absolute Gasteiger partial charge is 0.227 e. The number of hydrogen-bond acceptors (Lipinski definition) is 3. The van der Waals surface area contributed by atoms with Gasteiger partial charge in [-0.3, -0.25) is 4.79 Å². The second kappa shape index (κ2) is 8.68. The number of amides is 1. The number of fused-ring (bicyclic) bond motifs is 1. The first-order valence-electron chi connectivity index (χ1n) is 10.7. The van der Waals surface area contributed by atoms with Crippen LogP contribution in [0.5, 0.6) is 5.75 Å². The molecule has 0 unspecified atom stereocenters. The predicted octanol–water partition coefficient (Wildman–Crippen LogP) is 5.15. The lowest BCUT2D eigenvalue weighted by molar-refractivity contribution is -0.117. The average Bonchev–Trinajstić information content (AvgIpc) is 3.30. The number of imidazole rings is 1. The molecule has 1 aromatic heterocycles. The largest absolute Gasteiger partial charge is 0.492 e. The van der Waals surface area contributed by atoms with Crippen molar-refractivity contribution in [2.24, 2.45) is 0 Å². The van der Waals surface area contributed by atoms with Gasteiger partial charge >= 0.3 is 0 Å². The van der Waals surface area contributed by atoms with Gasteiger partial charge in [0.1, 0.15) is 11.6 Å². The topological polar surface area (TPSA) is 47.4 Å². The number of benzene rings is 2. The Hall–Kier alpha value is -2.82. The molecule has 1 fully saturated rings. The van der Waals surface area contributed by atoms with Crippen LogP contribution in [0.2, 0.25) is 0 Å². The van der Waals surface area contributed by atoms with E-state index in [1.807, 2.05) is 42.2 Å². The lowest BCUT2D eigenvalue weighted by Crippen LogP contribution is -2.25. The summed E-state index contributed by atoms with van der Waals surface area (Å²) < 4.78 is 8.10. The van der Waals surface area contributed by atoms with Crippen molar-refractivity contribution in [1.29, 1.82) is 0 Å². The van der Waals surface area contributed by atoms with Gasteiger partial charge in [0.15, 0.2) is 0 Å². The maximum Gasteiger partial charge on any atom is 0.227 e. The lowest BCUT2D eigenvalue weighted by Gasteiger charge is -2.20. The Morgan fingerprint density at radius 3 is 2.69 bits per heavy atom. The molecule has 3 aromatic rings. The first-order chi connectivity index (χ1) is 14.2. The van der Waals surface area contributed by atoms with E-state index in [0.29, 0.717) is 19.6 Å². The molecule has 0 bridgehead atoms. The van der Waals surface area contributed by atoms with Crippen molar-refractivity contribution < 1.29 is 9.53 Å². The van der Waals surface area contributed by atoms with Gasteiger partial charge in [0.25, 0.3) is 0 Å². The molecule has 29 heavy (non-hydrogen) atoms. The van der Waals surface area contributed by atoms with Gasteiger partial charge in [0, 0.05) is 25.4 Å². The van der Waals surface area contributed by atoms with Gasteiger partial charge in [-0.1, -0.05) is 44.0 Å². The Balaban J connectivity index is 1.65. The number of aromatic nitrogens is 2. The Kier molecular flexibility index (Phi) is 5.84. The van der Waals surface area contributed by atoms with Gasteiger partial charge in [-0.2, -0.15) is 0 Å². The first-order valence-corrected chi connectivity index (χ1v) is 10.7. The molecule has 0 N–H and O–H groups in total. The molecule has 1 amide bonds. The molecule has 0 spiro atoms. The van der Waals surface area contributed by atoms with E-state index in [4.69, 9.17) is 9.72 Å². The second-order valence-electron chi connectivity index (χ2n) is 7.62. The average molecular weight is 392 g/mol. The number of hydrogen-bond donors (Lipinski definition) is 0. The molecule has 1 aliphatic rings. The van der Waals surface area contributed by atoms with Crippen LogP contribution < -0.4 is 9.64 Å². The van der Waals surface area contributed by atoms with Crippen LogP contribution in [0.25, 0.3) is 11.0 Å². The molecule has 152 valence electrons. The molecule has 1 aliphatic heterocycles. The van der Waals surface area contributed by atoms with E-state index in [1.54, 1.807) is 0 Å². The van der Waals surface area contributed by atoms with E-state index < -0.39 is 0 Å². The minimum absolute atomic E-state index is 0.0891. The van der Waals surface area contributed by atoms with Crippen molar-refractivity contribution in [1.82, 2.24) is 9.55 Å². The van der Waals surface area contributed by atoms with Gasteiger partial charge in [-0.25, -0.2) is 4.98 Å². The highest BCUT2D eigenvalue weighted by molar-refractivity contribution is 5.97. The number of carbonyl (C=O) groups is 1. The van der Waals surface area contributed by atoms with E-state index in [1.165, 1.54) is 18.4 Å². The molecule has 1 atom stereocenters. The highest BCUT2D eigenvalue weighted by Gasteiger charge is 2.35. The molecule has 1 saturated heterocycles. The van der Waals surface area contributed by atoms with Crippen molar-refractivity contribution in [3.05, 3.63) is 54.4 Å². The highest BCUT2D eigenvalue weighted by atomic mass is 16.5. The summed E-state index contributed by atoms with van der Waals surface area (Å²) >= 11 is 0. The normalized spacial score (nSPS) is 16.7. The standard InChI is InChI=1S/C24H29N3O2/c1-3-5-10-15-26-20-12-7-6-11-19(20)25-24(26)18-16-23(28)27(17-18)21-13-8-9-14-22(21)29-4-2/h6-9,11-14,18H,3-5,10,15-17H2,1-2H3/t18-/m1/s1. The van der Waals surface area contributed by atoms with Crippen LogP contribution in [0.4, 0.5) is 5.69 Å². The number of para-hydroxylation sites is 4. The maximum absolute atomic E-state index is 12.9. The Labute approximate surface area is 172 Å². The van der Waals surface area contributed by atoms with Gasteiger partial charge in [0.05, 0.1) is 23.3 Å². The first kappa shape index (κ1) is 19.5. The number of anilines is 1. The summed E-state index contributed by atoms with van der Waals surface area (Å²) in [5.41, 5.74) is 3.04. The van der Waals surface area contributed by atoms with E-state index >= 15 is 0 Å². The van der Waals surface area contributed by atoms with Crippen LogP contribution in [0.3, 0.4) is 0 Å². The molecule has 4 rings (SSSR count). The Morgan fingerprint density at radius 1 is 1.07 bits per heavy atom. The second-order valence-corrected chi connectivity index (χ2v) is 7.62. The summed E-state index contributed by atoms with van der Waals surface area (Å²) in [6.45, 7) is 6.35. The zero-order valence-corrected chi connectivity index (χ0v) is 17.3. The third kappa shape index (κ3) is 3.86. The van der Waals surface area contributed by atoms with Gasteiger partial charge < -0.3 is 14.2 Å². The lowest BCUT2D eigenvalue weighted by atomic mass is 10.1. The van der Waals surface area contributed by atoms with Crippen LogP contribution in [-0.2, 0) is 11.3 Å². The van der Waals surface area contributed by atoms with Crippen LogP contribution in [0.15, 0.2) is 48.5 Å². The van der Waals surface area contributed by atoms with Crippen molar-refractivity contribution in [3.63, 3.8) is 0 Å². The molecule has 5 nitrogen and oxygen atoms in total. The highest BCUT2D eigenvalue weighted by Crippen LogP contribution is 2.37. The minimum atomic E-state index is 0.0891. The van der Waals surface area contributed by atoms with E-state index in [0.717, 1.165) is 35.7 Å². The fourth-order valence-electron chi connectivity index (χ4n) is 4.23. The maximum atomic E-state index is 12.9. The molecular formula is C24H29N3O2. The van der Waals surface area contributed by atoms with E-state index in [9.17, 15) is 4.79 Å². The van der Waals surface area contributed by atoms with Crippen molar-refractivity contribution in [2.75, 3.05) is 18.1 Å². The number of unbranched alkanes of at least 4 members (excludes halogenated alkanes) is 2.